The predicted molar refractivity (Wildman–Crippen MR) is 129 cm³/mol. The van der Waals surface area contributed by atoms with E-state index in [0.717, 1.165) is 22.3 Å². The molecule has 4 rings (SSSR count). The molecule has 170 valence electrons. The van der Waals surface area contributed by atoms with Crippen molar-refractivity contribution in [3.8, 4) is 17.2 Å². The van der Waals surface area contributed by atoms with Crippen LogP contribution < -0.4 is 20.1 Å². The van der Waals surface area contributed by atoms with Crippen LogP contribution in [0.25, 0.3) is 10.9 Å². The van der Waals surface area contributed by atoms with Gasteiger partial charge in [0.25, 0.3) is 0 Å². The first-order valence-corrected chi connectivity index (χ1v) is 10.6. The van der Waals surface area contributed by atoms with Crippen LogP contribution in [0.1, 0.15) is 26.5 Å². The number of benzene rings is 2. The highest BCUT2D eigenvalue weighted by atomic mass is 16.5. The van der Waals surface area contributed by atoms with Gasteiger partial charge in [0.1, 0.15) is 17.2 Å². The molecule has 0 saturated carbocycles. The van der Waals surface area contributed by atoms with E-state index in [2.05, 4.69) is 41.5 Å². The van der Waals surface area contributed by atoms with Crippen LogP contribution in [0.2, 0.25) is 0 Å². The number of carbonyl (C=O) groups is 1. The number of aryl methyl sites for hydroxylation is 1. The third-order valence-electron chi connectivity index (χ3n) is 5.14. The summed E-state index contributed by atoms with van der Waals surface area (Å²) in [6, 6.07) is 16.1. The van der Waals surface area contributed by atoms with Crippen LogP contribution in [0.4, 0.5) is 16.3 Å². The average Bonchev–Trinajstić information content (AvgIpc) is 3.15. The first kappa shape index (κ1) is 22.1. The second kappa shape index (κ2) is 8.82. The molecule has 0 aliphatic rings. The van der Waals surface area contributed by atoms with Crippen molar-refractivity contribution in [2.45, 2.75) is 26.2 Å². The van der Waals surface area contributed by atoms with Crippen LogP contribution >= 0.6 is 0 Å². The molecule has 0 radical (unpaired) electrons. The van der Waals surface area contributed by atoms with Gasteiger partial charge in [-0.15, -0.1) is 0 Å². The van der Waals surface area contributed by atoms with Gasteiger partial charge in [-0.1, -0.05) is 20.8 Å². The zero-order valence-corrected chi connectivity index (χ0v) is 19.3. The Labute approximate surface area is 192 Å². The molecule has 33 heavy (non-hydrogen) atoms. The van der Waals surface area contributed by atoms with E-state index in [4.69, 9.17) is 9.47 Å². The molecule has 4 aromatic rings. The fourth-order valence-corrected chi connectivity index (χ4v) is 3.56. The molecule has 2 aromatic heterocycles. The van der Waals surface area contributed by atoms with Gasteiger partial charge in [-0.05, 0) is 42.5 Å². The number of nitrogens with zero attached hydrogens (tertiary/aromatic N) is 3. The standard InChI is InChI=1S/C25H27N5O3/c1-25(2,3)22-15-23(29-30(22)4)28-24(31)27-16-6-8-17(9-7-16)33-21-12-13-26-20-14-18(32-5)10-11-19(20)21/h6-15H,1-5H3,(H2,27,28,29,31). The molecule has 8 nitrogen and oxygen atoms in total. The van der Waals surface area contributed by atoms with Crippen LogP contribution in [-0.2, 0) is 12.5 Å². The van der Waals surface area contributed by atoms with Crippen LogP contribution in [-0.4, -0.2) is 27.9 Å². The number of carbonyl (C=O) groups excluding carboxylic acids is 1. The minimum absolute atomic E-state index is 0.0692. The minimum atomic E-state index is -0.365. The molecule has 2 N–H and O–H groups in total. The van der Waals surface area contributed by atoms with Gasteiger partial charge in [0.05, 0.1) is 12.6 Å². The largest absolute Gasteiger partial charge is 0.497 e. The zero-order valence-electron chi connectivity index (χ0n) is 19.3. The maximum Gasteiger partial charge on any atom is 0.324 e. The Bertz CT molecular complexity index is 1290. The smallest absolute Gasteiger partial charge is 0.324 e. The van der Waals surface area contributed by atoms with E-state index in [-0.39, 0.29) is 11.4 Å². The molecule has 2 heterocycles. The Morgan fingerprint density at radius 3 is 2.36 bits per heavy atom. The highest BCUT2D eigenvalue weighted by Gasteiger charge is 2.20. The second-order valence-electron chi connectivity index (χ2n) is 8.69. The summed E-state index contributed by atoms with van der Waals surface area (Å²) >= 11 is 0. The number of hydrogen-bond donors (Lipinski definition) is 2. The molecule has 0 saturated heterocycles. The molecule has 0 aliphatic heterocycles. The maximum atomic E-state index is 12.4. The van der Waals surface area contributed by atoms with Gasteiger partial charge < -0.3 is 14.8 Å². The number of hydrogen-bond acceptors (Lipinski definition) is 5. The highest BCUT2D eigenvalue weighted by molar-refractivity contribution is 5.99. The van der Waals surface area contributed by atoms with E-state index in [9.17, 15) is 4.79 Å². The predicted octanol–water partition coefficient (Wildman–Crippen LogP) is 5.71. The number of aromatic nitrogens is 3. The quantitative estimate of drug-likeness (QED) is 0.411. The summed E-state index contributed by atoms with van der Waals surface area (Å²) in [5, 5.41) is 10.8. The number of methoxy groups -OCH3 is 1. The van der Waals surface area contributed by atoms with E-state index >= 15 is 0 Å². The lowest BCUT2D eigenvalue weighted by Crippen LogP contribution is -2.19. The van der Waals surface area contributed by atoms with E-state index in [1.807, 2.05) is 37.4 Å². The maximum absolute atomic E-state index is 12.4. The number of anilines is 2. The van der Waals surface area contributed by atoms with Gasteiger partial charge in [-0.25, -0.2) is 4.79 Å². The molecule has 8 heteroatoms. The van der Waals surface area contributed by atoms with Crippen molar-refractivity contribution in [3.63, 3.8) is 0 Å². The summed E-state index contributed by atoms with van der Waals surface area (Å²) in [4.78, 5) is 16.8. The average molecular weight is 446 g/mol. The molecule has 2 aromatic carbocycles. The first-order chi connectivity index (χ1) is 15.7. The zero-order chi connectivity index (χ0) is 23.6. The summed E-state index contributed by atoms with van der Waals surface area (Å²) < 4.78 is 13.1. The molecular weight excluding hydrogens is 418 g/mol. The van der Waals surface area contributed by atoms with Gasteiger partial charge in [0.2, 0.25) is 0 Å². The van der Waals surface area contributed by atoms with Gasteiger partial charge in [0, 0.05) is 47.6 Å². The Morgan fingerprint density at radius 1 is 0.970 bits per heavy atom. The topological polar surface area (TPSA) is 90.3 Å². The van der Waals surface area contributed by atoms with Crippen molar-refractivity contribution in [1.82, 2.24) is 14.8 Å². The molecule has 0 unspecified atom stereocenters. The molecule has 0 aliphatic carbocycles. The molecule has 0 fully saturated rings. The van der Waals surface area contributed by atoms with Gasteiger partial charge in [-0.2, -0.15) is 5.10 Å². The SMILES string of the molecule is COc1ccc2c(Oc3ccc(NC(=O)Nc4cc(C(C)(C)C)n(C)n4)cc3)ccnc2c1. The summed E-state index contributed by atoms with van der Waals surface area (Å²) in [6.45, 7) is 6.30. The lowest BCUT2D eigenvalue weighted by molar-refractivity contribution is 0.262. The van der Waals surface area contributed by atoms with Crippen LogP contribution in [0.5, 0.6) is 17.2 Å². The summed E-state index contributed by atoms with van der Waals surface area (Å²) in [6.07, 6.45) is 1.69. The number of amides is 2. The Morgan fingerprint density at radius 2 is 1.70 bits per heavy atom. The molecular formula is C25H27N5O3. The van der Waals surface area contributed by atoms with Crippen molar-refractivity contribution in [2.75, 3.05) is 17.7 Å². The number of urea groups is 1. The lowest BCUT2D eigenvalue weighted by Gasteiger charge is -2.17. The normalized spacial score (nSPS) is 11.3. The van der Waals surface area contributed by atoms with Crippen LogP contribution in [0.3, 0.4) is 0 Å². The van der Waals surface area contributed by atoms with Crippen molar-refractivity contribution >= 4 is 28.4 Å². The van der Waals surface area contributed by atoms with Gasteiger partial charge in [0.15, 0.2) is 5.82 Å². The van der Waals surface area contributed by atoms with Gasteiger partial charge >= 0.3 is 6.03 Å². The van der Waals surface area contributed by atoms with E-state index in [1.165, 1.54) is 0 Å². The lowest BCUT2D eigenvalue weighted by atomic mass is 9.92. The number of rotatable bonds is 5. The van der Waals surface area contributed by atoms with Crippen molar-refractivity contribution < 1.29 is 14.3 Å². The minimum Gasteiger partial charge on any atom is -0.497 e. The van der Waals surface area contributed by atoms with Gasteiger partial charge in [-0.3, -0.25) is 15.0 Å². The van der Waals surface area contributed by atoms with E-state index in [1.54, 1.807) is 42.3 Å². The third-order valence-corrected chi connectivity index (χ3v) is 5.14. The number of ether oxygens (including phenoxy) is 2. The van der Waals surface area contributed by atoms with Crippen molar-refractivity contribution in [3.05, 3.63) is 66.5 Å². The monoisotopic (exact) mass is 445 g/mol. The fourth-order valence-electron chi connectivity index (χ4n) is 3.56. The highest BCUT2D eigenvalue weighted by Crippen LogP contribution is 2.31. The first-order valence-electron chi connectivity index (χ1n) is 10.6. The number of pyridine rings is 1. The third kappa shape index (κ3) is 5.06. The van der Waals surface area contributed by atoms with Crippen LogP contribution in [0.15, 0.2) is 60.8 Å². The van der Waals surface area contributed by atoms with Crippen LogP contribution in [0, 0.1) is 0 Å². The fraction of sp³-hybridized carbons (Fsp3) is 0.240. The molecule has 2 amide bonds. The Hall–Kier alpha value is -4.07. The number of fused-ring (bicyclic) bond motifs is 1. The summed E-state index contributed by atoms with van der Waals surface area (Å²) in [7, 11) is 3.49. The number of nitrogens with one attached hydrogen (secondary N) is 2. The molecule has 0 bridgehead atoms. The Balaban J connectivity index is 1.42. The van der Waals surface area contributed by atoms with E-state index in [0.29, 0.717) is 23.0 Å². The van der Waals surface area contributed by atoms with Crippen molar-refractivity contribution in [2.24, 2.45) is 7.05 Å². The Kier molecular flexibility index (Phi) is 5.91. The van der Waals surface area contributed by atoms with E-state index < -0.39 is 0 Å². The second-order valence-corrected chi connectivity index (χ2v) is 8.69. The van der Waals surface area contributed by atoms with Crippen molar-refractivity contribution in [1.29, 1.82) is 0 Å². The molecule has 0 atom stereocenters. The summed E-state index contributed by atoms with van der Waals surface area (Å²) in [5.41, 5.74) is 2.38. The molecule has 0 spiro atoms. The summed E-state index contributed by atoms with van der Waals surface area (Å²) in [5.74, 6) is 2.57.